The number of hydrogen-bond acceptors (Lipinski definition) is 3. The van der Waals surface area contributed by atoms with Gasteiger partial charge in [0.15, 0.2) is 0 Å². The minimum atomic E-state index is -0.248. The van der Waals surface area contributed by atoms with E-state index in [1.165, 1.54) is 0 Å². The summed E-state index contributed by atoms with van der Waals surface area (Å²) in [5.74, 6) is 0.851. The van der Waals surface area contributed by atoms with E-state index in [1.54, 1.807) is 30.8 Å². The number of furan rings is 1. The zero-order valence-corrected chi connectivity index (χ0v) is 10.1. The molecule has 5 nitrogen and oxygen atoms in total. The molecule has 2 amide bonds. The van der Waals surface area contributed by atoms with Gasteiger partial charge in [-0.2, -0.15) is 0 Å². The highest BCUT2D eigenvalue weighted by Crippen LogP contribution is 2.05. The summed E-state index contributed by atoms with van der Waals surface area (Å²) in [5.41, 5.74) is 0.667. The van der Waals surface area contributed by atoms with Crippen LogP contribution in [0.1, 0.15) is 12.7 Å². The fourth-order valence-electron chi connectivity index (χ4n) is 1.61. The number of carbonyl (C=O) groups excluding carboxylic acids is 1. The van der Waals surface area contributed by atoms with Crippen molar-refractivity contribution in [2.75, 3.05) is 5.32 Å². The number of aromatic nitrogens is 1. The SMILES string of the molecule is CC(Cc1ccco1)NC(=O)Nc1cccnc1. The summed E-state index contributed by atoms with van der Waals surface area (Å²) in [5, 5.41) is 5.54. The molecule has 2 heterocycles. The number of carbonyl (C=O) groups is 1. The van der Waals surface area contributed by atoms with Gasteiger partial charge in [-0.15, -0.1) is 0 Å². The van der Waals surface area contributed by atoms with E-state index >= 15 is 0 Å². The maximum atomic E-state index is 11.7. The highest BCUT2D eigenvalue weighted by Gasteiger charge is 2.09. The minimum absolute atomic E-state index is 0.00665. The molecule has 1 atom stereocenters. The van der Waals surface area contributed by atoms with E-state index in [1.807, 2.05) is 19.1 Å². The quantitative estimate of drug-likeness (QED) is 0.869. The molecule has 0 aliphatic heterocycles. The zero-order chi connectivity index (χ0) is 12.8. The van der Waals surface area contributed by atoms with Crippen LogP contribution in [0.3, 0.4) is 0 Å². The van der Waals surface area contributed by atoms with Gasteiger partial charge < -0.3 is 15.1 Å². The van der Waals surface area contributed by atoms with Crippen LogP contribution >= 0.6 is 0 Å². The second kappa shape index (κ2) is 5.86. The van der Waals surface area contributed by atoms with E-state index in [2.05, 4.69) is 15.6 Å². The molecule has 18 heavy (non-hydrogen) atoms. The van der Waals surface area contributed by atoms with E-state index in [0.717, 1.165) is 5.76 Å². The first-order chi connectivity index (χ1) is 8.74. The number of rotatable bonds is 4. The van der Waals surface area contributed by atoms with Crippen molar-refractivity contribution in [3.63, 3.8) is 0 Å². The Balaban J connectivity index is 1.80. The molecular weight excluding hydrogens is 230 g/mol. The van der Waals surface area contributed by atoms with Gasteiger partial charge in [0.25, 0.3) is 0 Å². The Kier molecular flexibility index (Phi) is 3.96. The second-order valence-corrected chi connectivity index (χ2v) is 4.02. The smallest absolute Gasteiger partial charge is 0.319 e. The second-order valence-electron chi connectivity index (χ2n) is 4.02. The molecule has 2 aromatic rings. The number of pyridine rings is 1. The largest absolute Gasteiger partial charge is 0.469 e. The average molecular weight is 245 g/mol. The molecule has 0 fully saturated rings. The molecule has 94 valence electrons. The Hall–Kier alpha value is -2.30. The van der Waals surface area contributed by atoms with Gasteiger partial charge >= 0.3 is 6.03 Å². The van der Waals surface area contributed by atoms with Crippen molar-refractivity contribution < 1.29 is 9.21 Å². The van der Waals surface area contributed by atoms with Crippen LogP contribution < -0.4 is 10.6 Å². The van der Waals surface area contributed by atoms with Crippen LogP contribution in [-0.4, -0.2) is 17.1 Å². The van der Waals surface area contributed by atoms with Gasteiger partial charge in [-0.25, -0.2) is 4.79 Å². The molecule has 0 bridgehead atoms. The first-order valence-electron chi connectivity index (χ1n) is 5.74. The Labute approximate surface area is 105 Å². The molecule has 0 radical (unpaired) electrons. The van der Waals surface area contributed by atoms with Crippen molar-refractivity contribution in [3.05, 3.63) is 48.7 Å². The third-order valence-electron chi connectivity index (χ3n) is 2.38. The van der Waals surface area contributed by atoms with Crippen molar-refractivity contribution in [2.45, 2.75) is 19.4 Å². The molecule has 5 heteroatoms. The lowest BCUT2D eigenvalue weighted by atomic mass is 10.2. The highest BCUT2D eigenvalue weighted by molar-refractivity contribution is 5.89. The normalized spacial score (nSPS) is 11.8. The maximum absolute atomic E-state index is 11.7. The molecule has 2 aromatic heterocycles. The Morgan fingerprint density at radius 1 is 1.44 bits per heavy atom. The van der Waals surface area contributed by atoms with Gasteiger partial charge in [0.2, 0.25) is 0 Å². The van der Waals surface area contributed by atoms with Crippen LogP contribution in [-0.2, 0) is 6.42 Å². The molecule has 0 saturated heterocycles. The molecule has 0 aliphatic rings. The Morgan fingerprint density at radius 3 is 3.00 bits per heavy atom. The predicted octanol–water partition coefficient (Wildman–Crippen LogP) is 2.43. The van der Waals surface area contributed by atoms with Crippen LogP contribution in [0.2, 0.25) is 0 Å². The lowest BCUT2D eigenvalue weighted by molar-refractivity contribution is 0.248. The molecule has 0 aromatic carbocycles. The first-order valence-corrected chi connectivity index (χ1v) is 5.74. The van der Waals surface area contributed by atoms with Gasteiger partial charge in [0, 0.05) is 18.7 Å². The van der Waals surface area contributed by atoms with Gasteiger partial charge in [0.05, 0.1) is 18.1 Å². The third-order valence-corrected chi connectivity index (χ3v) is 2.38. The van der Waals surface area contributed by atoms with E-state index in [4.69, 9.17) is 4.42 Å². The first kappa shape index (κ1) is 12.2. The monoisotopic (exact) mass is 245 g/mol. The van der Waals surface area contributed by atoms with Crippen molar-refractivity contribution >= 4 is 11.7 Å². The van der Waals surface area contributed by atoms with Crippen LogP contribution in [0.5, 0.6) is 0 Å². The summed E-state index contributed by atoms with van der Waals surface area (Å²) in [4.78, 5) is 15.6. The summed E-state index contributed by atoms with van der Waals surface area (Å²) < 4.78 is 5.22. The number of urea groups is 1. The van der Waals surface area contributed by atoms with Crippen LogP contribution in [0, 0.1) is 0 Å². The van der Waals surface area contributed by atoms with E-state index < -0.39 is 0 Å². The predicted molar refractivity (Wildman–Crippen MR) is 68.3 cm³/mol. The summed E-state index contributed by atoms with van der Waals surface area (Å²) >= 11 is 0. The molecular formula is C13H15N3O2. The topological polar surface area (TPSA) is 67.2 Å². The maximum Gasteiger partial charge on any atom is 0.319 e. The lowest BCUT2D eigenvalue weighted by Crippen LogP contribution is -2.37. The fourth-order valence-corrected chi connectivity index (χ4v) is 1.61. The molecule has 2 N–H and O–H groups in total. The van der Waals surface area contributed by atoms with Crippen molar-refractivity contribution in [3.8, 4) is 0 Å². The van der Waals surface area contributed by atoms with Gasteiger partial charge in [-0.1, -0.05) is 0 Å². The molecule has 2 rings (SSSR count). The number of hydrogen-bond donors (Lipinski definition) is 2. The lowest BCUT2D eigenvalue weighted by Gasteiger charge is -2.13. The summed E-state index contributed by atoms with van der Waals surface area (Å²) in [7, 11) is 0. The third kappa shape index (κ3) is 3.62. The van der Waals surface area contributed by atoms with Crippen molar-refractivity contribution in [2.24, 2.45) is 0 Å². The highest BCUT2D eigenvalue weighted by atomic mass is 16.3. The molecule has 0 spiro atoms. The number of nitrogens with zero attached hydrogens (tertiary/aromatic N) is 1. The van der Waals surface area contributed by atoms with E-state index in [0.29, 0.717) is 12.1 Å². The van der Waals surface area contributed by atoms with Crippen molar-refractivity contribution in [1.29, 1.82) is 0 Å². The average Bonchev–Trinajstić information content (AvgIpc) is 2.82. The number of anilines is 1. The molecule has 0 saturated carbocycles. The minimum Gasteiger partial charge on any atom is -0.469 e. The van der Waals surface area contributed by atoms with Crippen LogP contribution in [0.15, 0.2) is 47.3 Å². The molecule has 1 unspecified atom stereocenters. The van der Waals surface area contributed by atoms with Crippen LogP contribution in [0.4, 0.5) is 10.5 Å². The summed E-state index contributed by atoms with van der Waals surface area (Å²) in [6.45, 7) is 1.92. The fraction of sp³-hybridized carbons (Fsp3) is 0.231. The van der Waals surface area contributed by atoms with Gasteiger partial charge in [-0.3, -0.25) is 4.98 Å². The van der Waals surface area contributed by atoms with Gasteiger partial charge in [-0.05, 0) is 31.2 Å². The summed E-state index contributed by atoms with van der Waals surface area (Å²) in [6.07, 6.45) is 5.53. The van der Waals surface area contributed by atoms with E-state index in [-0.39, 0.29) is 12.1 Å². The van der Waals surface area contributed by atoms with E-state index in [9.17, 15) is 4.79 Å². The Bertz CT molecular complexity index is 482. The van der Waals surface area contributed by atoms with Crippen molar-refractivity contribution in [1.82, 2.24) is 10.3 Å². The van der Waals surface area contributed by atoms with Crippen LogP contribution in [0.25, 0.3) is 0 Å². The number of nitrogens with one attached hydrogen (secondary N) is 2. The standard InChI is InChI=1S/C13H15N3O2/c1-10(8-12-5-3-7-18-12)15-13(17)16-11-4-2-6-14-9-11/h2-7,9-10H,8H2,1H3,(H2,15,16,17). The van der Waals surface area contributed by atoms with Gasteiger partial charge in [0.1, 0.15) is 5.76 Å². The summed E-state index contributed by atoms with van der Waals surface area (Å²) in [6, 6.07) is 7.01. The zero-order valence-electron chi connectivity index (χ0n) is 10.1. The Morgan fingerprint density at radius 2 is 2.33 bits per heavy atom. The molecule has 0 aliphatic carbocycles. The number of amides is 2.